The third kappa shape index (κ3) is 5.95. The standard InChI is InChI=1S/C21H31N3O3S/c1-2-10-27-19-14-17(21(26)24-8-11-28-12-9-24)5-6-18(19)23-20(25)13-16-4-3-7-22-15-16/h3-4,7,15,17-19H,2,5-6,8-14H2,1H3,(H,23,25)/t17-,18-,19-/m0/s1. The number of hydrogen-bond donors (Lipinski definition) is 1. The van der Waals surface area contributed by atoms with Crippen LogP contribution in [-0.2, 0) is 20.7 Å². The van der Waals surface area contributed by atoms with E-state index in [2.05, 4.69) is 17.2 Å². The van der Waals surface area contributed by atoms with Gasteiger partial charge in [-0.3, -0.25) is 14.6 Å². The molecule has 2 aliphatic rings. The van der Waals surface area contributed by atoms with E-state index < -0.39 is 0 Å². The van der Waals surface area contributed by atoms with Crippen molar-refractivity contribution in [2.24, 2.45) is 5.92 Å². The van der Waals surface area contributed by atoms with Crippen LogP contribution in [0.2, 0.25) is 0 Å². The van der Waals surface area contributed by atoms with Crippen molar-refractivity contribution < 1.29 is 14.3 Å². The van der Waals surface area contributed by atoms with E-state index in [4.69, 9.17) is 4.74 Å². The highest BCUT2D eigenvalue weighted by Gasteiger charge is 2.37. The maximum absolute atomic E-state index is 12.9. The number of rotatable bonds is 7. The highest BCUT2D eigenvalue weighted by molar-refractivity contribution is 7.99. The summed E-state index contributed by atoms with van der Waals surface area (Å²) in [5.74, 6) is 2.32. The second-order valence-electron chi connectivity index (χ2n) is 7.57. The zero-order chi connectivity index (χ0) is 19.8. The Hall–Kier alpha value is -1.60. The number of thioether (sulfide) groups is 1. The van der Waals surface area contributed by atoms with E-state index in [-0.39, 0.29) is 29.9 Å². The van der Waals surface area contributed by atoms with Crippen molar-refractivity contribution in [3.8, 4) is 0 Å². The molecular formula is C21H31N3O3S. The molecule has 0 spiro atoms. The van der Waals surface area contributed by atoms with E-state index in [1.807, 2.05) is 28.8 Å². The van der Waals surface area contributed by atoms with E-state index in [0.717, 1.165) is 49.4 Å². The lowest BCUT2D eigenvalue weighted by Crippen LogP contribution is -2.51. The molecule has 1 aliphatic heterocycles. The van der Waals surface area contributed by atoms with Crippen LogP contribution in [0.15, 0.2) is 24.5 Å². The Morgan fingerprint density at radius 1 is 1.32 bits per heavy atom. The fraction of sp³-hybridized carbons (Fsp3) is 0.667. The number of nitrogens with one attached hydrogen (secondary N) is 1. The number of nitrogens with zero attached hydrogens (tertiary/aromatic N) is 2. The summed E-state index contributed by atoms with van der Waals surface area (Å²) in [6.07, 6.45) is 6.86. The Labute approximate surface area is 171 Å². The Morgan fingerprint density at radius 3 is 2.86 bits per heavy atom. The Morgan fingerprint density at radius 2 is 2.14 bits per heavy atom. The largest absolute Gasteiger partial charge is 0.376 e. The first-order chi connectivity index (χ1) is 13.7. The van der Waals surface area contributed by atoms with Crippen LogP contribution in [0.5, 0.6) is 0 Å². The number of ether oxygens (including phenoxy) is 1. The van der Waals surface area contributed by atoms with E-state index >= 15 is 0 Å². The Balaban J connectivity index is 1.57. The van der Waals surface area contributed by atoms with E-state index in [1.54, 1.807) is 12.4 Å². The van der Waals surface area contributed by atoms with Crippen LogP contribution < -0.4 is 5.32 Å². The minimum absolute atomic E-state index is 0.0106. The van der Waals surface area contributed by atoms with E-state index in [0.29, 0.717) is 19.4 Å². The van der Waals surface area contributed by atoms with Gasteiger partial charge in [0.25, 0.3) is 0 Å². The van der Waals surface area contributed by atoms with Crippen LogP contribution in [0.25, 0.3) is 0 Å². The molecule has 2 fully saturated rings. The molecule has 3 rings (SSSR count). The number of pyridine rings is 1. The molecule has 1 saturated heterocycles. The van der Waals surface area contributed by atoms with Gasteiger partial charge in [0.1, 0.15) is 0 Å². The molecule has 3 atom stereocenters. The number of carbonyl (C=O) groups is 2. The van der Waals surface area contributed by atoms with Crippen molar-refractivity contribution in [1.29, 1.82) is 0 Å². The van der Waals surface area contributed by atoms with Crippen molar-refractivity contribution in [3.63, 3.8) is 0 Å². The molecule has 7 heteroatoms. The summed E-state index contributed by atoms with van der Waals surface area (Å²) in [6, 6.07) is 3.71. The Bertz CT molecular complexity index is 637. The number of aromatic nitrogens is 1. The molecule has 2 amide bonds. The minimum Gasteiger partial charge on any atom is -0.376 e. The van der Waals surface area contributed by atoms with Crippen molar-refractivity contribution in [1.82, 2.24) is 15.2 Å². The maximum Gasteiger partial charge on any atom is 0.225 e. The molecule has 0 bridgehead atoms. The predicted octanol–water partition coefficient (Wildman–Crippen LogP) is 2.28. The lowest BCUT2D eigenvalue weighted by molar-refractivity contribution is -0.139. The number of amides is 2. The normalized spacial score (nSPS) is 25.3. The first kappa shape index (κ1) is 21.1. The maximum atomic E-state index is 12.9. The van der Waals surface area contributed by atoms with Gasteiger partial charge < -0.3 is 15.0 Å². The van der Waals surface area contributed by atoms with Gasteiger partial charge in [-0.15, -0.1) is 0 Å². The summed E-state index contributed by atoms with van der Waals surface area (Å²) in [5, 5.41) is 3.15. The molecule has 0 aromatic carbocycles. The molecule has 1 saturated carbocycles. The van der Waals surface area contributed by atoms with Crippen LogP contribution in [0, 0.1) is 5.92 Å². The average molecular weight is 406 g/mol. The smallest absolute Gasteiger partial charge is 0.225 e. The fourth-order valence-electron chi connectivity index (χ4n) is 3.96. The average Bonchev–Trinajstić information content (AvgIpc) is 2.73. The quantitative estimate of drug-likeness (QED) is 0.754. The monoisotopic (exact) mass is 405 g/mol. The van der Waals surface area contributed by atoms with Crippen LogP contribution in [-0.4, -0.2) is 65.0 Å². The molecule has 1 N–H and O–H groups in total. The molecule has 0 unspecified atom stereocenters. The van der Waals surface area contributed by atoms with E-state index in [9.17, 15) is 9.59 Å². The van der Waals surface area contributed by atoms with Gasteiger partial charge in [0.05, 0.1) is 18.6 Å². The Kier molecular flexibility index (Phi) is 8.15. The molecule has 154 valence electrons. The molecule has 1 aromatic heterocycles. The molecule has 28 heavy (non-hydrogen) atoms. The number of hydrogen-bond acceptors (Lipinski definition) is 5. The first-order valence-electron chi connectivity index (χ1n) is 10.3. The summed E-state index contributed by atoms with van der Waals surface area (Å²) in [4.78, 5) is 31.5. The minimum atomic E-state index is -0.0975. The summed E-state index contributed by atoms with van der Waals surface area (Å²) in [7, 11) is 0. The van der Waals surface area contributed by atoms with Gasteiger partial charge in [0.2, 0.25) is 11.8 Å². The number of carbonyl (C=O) groups excluding carboxylic acids is 2. The molecule has 1 aliphatic carbocycles. The van der Waals surface area contributed by atoms with Crippen LogP contribution >= 0.6 is 11.8 Å². The van der Waals surface area contributed by atoms with Crippen LogP contribution in [0.3, 0.4) is 0 Å². The molecule has 0 radical (unpaired) electrons. The van der Waals surface area contributed by atoms with Gasteiger partial charge in [-0.2, -0.15) is 11.8 Å². The lowest BCUT2D eigenvalue weighted by atomic mass is 9.82. The van der Waals surface area contributed by atoms with Crippen molar-refractivity contribution in [2.75, 3.05) is 31.2 Å². The topological polar surface area (TPSA) is 71.5 Å². The molecule has 1 aromatic rings. The van der Waals surface area contributed by atoms with Crippen molar-refractivity contribution in [3.05, 3.63) is 30.1 Å². The second kappa shape index (κ2) is 10.8. The van der Waals surface area contributed by atoms with Gasteiger partial charge in [0.15, 0.2) is 0 Å². The first-order valence-corrected chi connectivity index (χ1v) is 11.5. The molecular weight excluding hydrogens is 374 g/mol. The predicted molar refractivity (Wildman–Crippen MR) is 111 cm³/mol. The van der Waals surface area contributed by atoms with Gasteiger partial charge in [-0.25, -0.2) is 0 Å². The zero-order valence-corrected chi connectivity index (χ0v) is 17.5. The summed E-state index contributed by atoms with van der Waals surface area (Å²) < 4.78 is 6.06. The summed E-state index contributed by atoms with van der Waals surface area (Å²) in [6.45, 7) is 4.44. The van der Waals surface area contributed by atoms with Gasteiger partial charge >= 0.3 is 0 Å². The van der Waals surface area contributed by atoms with Gasteiger partial charge in [-0.05, 0) is 37.3 Å². The highest BCUT2D eigenvalue weighted by Crippen LogP contribution is 2.29. The lowest BCUT2D eigenvalue weighted by Gasteiger charge is -2.38. The summed E-state index contributed by atoms with van der Waals surface area (Å²) in [5.41, 5.74) is 0.901. The van der Waals surface area contributed by atoms with Crippen molar-refractivity contribution in [2.45, 2.75) is 51.2 Å². The highest BCUT2D eigenvalue weighted by atomic mass is 32.2. The molecule has 2 heterocycles. The zero-order valence-electron chi connectivity index (χ0n) is 16.6. The molecule has 6 nitrogen and oxygen atoms in total. The van der Waals surface area contributed by atoms with Crippen LogP contribution in [0.4, 0.5) is 0 Å². The second-order valence-corrected chi connectivity index (χ2v) is 8.79. The van der Waals surface area contributed by atoms with E-state index in [1.165, 1.54) is 0 Å². The van der Waals surface area contributed by atoms with Crippen molar-refractivity contribution >= 4 is 23.6 Å². The SMILES string of the molecule is CCCO[C@H]1C[C@@H](C(=O)N2CCSCC2)CC[C@@H]1NC(=O)Cc1cccnc1. The van der Waals surface area contributed by atoms with Crippen LogP contribution in [0.1, 0.15) is 38.2 Å². The fourth-order valence-corrected chi connectivity index (χ4v) is 4.86. The summed E-state index contributed by atoms with van der Waals surface area (Å²) >= 11 is 1.91. The third-order valence-electron chi connectivity index (χ3n) is 5.43. The third-order valence-corrected chi connectivity index (χ3v) is 6.38. The van der Waals surface area contributed by atoms with Gasteiger partial charge in [-0.1, -0.05) is 13.0 Å². The van der Waals surface area contributed by atoms with Gasteiger partial charge in [0, 0.05) is 49.5 Å².